The van der Waals surface area contributed by atoms with Gasteiger partial charge >= 0.3 is 0 Å². The predicted molar refractivity (Wildman–Crippen MR) is 71.8 cm³/mol. The molecule has 0 aromatic heterocycles. The van der Waals surface area contributed by atoms with Crippen molar-refractivity contribution in [3.05, 3.63) is 46.0 Å². The number of hydrogen-bond acceptors (Lipinski definition) is 4. The molecule has 0 aliphatic rings. The molecule has 18 heavy (non-hydrogen) atoms. The third-order valence-electron chi connectivity index (χ3n) is 1.89. The van der Waals surface area contributed by atoms with Crippen LogP contribution in [0.3, 0.4) is 0 Å². The summed E-state index contributed by atoms with van der Waals surface area (Å²) < 4.78 is 0. The first kappa shape index (κ1) is 14.5. The Bertz CT molecular complexity index is 462. The van der Waals surface area contributed by atoms with Crippen LogP contribution in [-0.4, -0.2) is 23.1 Å². The lowest BCUT2D eigenvalue weighted by molar-refractivity contribution is -0.384. The number of nitrogens with zero attached hydrogens (tertiary/aromatic N) is 1. The zero-order valence-electron chi connectivity index (χ0n) is 9.39. The normalized spacial score (nSPS) is 9.83. The SMILES string of the molecule is C=C(Cl)CNC(=O)CSc1ccc([N+](=O)[O-])cc1. The van der Waals surface area contributed by atoms with E-state index in [4.69, 9.17) is 11.6 Å². The topological polar surface area (TPSA) is 72.2 Å². The third-order valence-corrected chi connectivity index (χ3v) is 3.04. The van der Waals surface area contributed by atoms with E-state index >= 15 is 0 Å². The van der Waals surface area contributed by atoms with Crippen LogP contribution in [0.5, 0.6) is 0 Å². The monoisotopic (exact) mass is 286 g/mol. The maximum atomic E-state index is 11.4. The van der Waals surface area contributed by atoms with Gasteiger partial charge < -0.3 is 5.32 Å². The van der Waals surface area contributed by atoms with Gasteiger partial charge in [0.15, 0.2) is 0 Å². The van der Waals surface area contributed by atoms with Crippen molar-refractivity contribution in [3.8, 4) is 0 Å². The third kappa shape index (κ3) is 5.20. The second-order valence-corrected chi connectivity index (χ2v) is 4.92. The van der Waals surface area contributed by atoms with Crippen molar-refractivity contribution in [1.29, 1.82) is 0 Å². The second kappa shape index (κ2) is 7.03. The van der Waals surface area contributed by atoms with Crippen LogP contribution in [0, 0.1) is 10.1 Å². The summed E-state index contributed by atoms with van der Waals surface area (Å²) >= 11 is 6.80. The fraction of sp³-hybridized carbons (Fsp3) is 0.182. The van der Waals surface area contributed by atoms with Gasteiger partial charge in [-0.15, -0.1) is 11.8 Å². The maximum Gasteiger partial charge on any atom is 0.269 e. The van der Waals surface area contributed by atoms with Crippen LogP contribution >= 0.6 is 23.4 Å². The molecule has 0 fully saturated rings. The summed E-state index contributed by atoms with van der Waals surface area (Å²) in [6.45, 7) is 3.69. The van der Waals surface area contributed by atoms with Crippen LogP contribution in [0.4, 0.5) is 5.69 Å². The summed E-state index contributed by atoms with van der Waals surface area (Å²) in [4.78, 5) is 22.1. The number of amides is 1. The van der Waals surface area contributed by atoms with Crippen molar-refractivity contribution in [2.75, 3.05) is 12.3 Å². The van der Waals surface area contributed by atoms with Gasteiger partial charge in [0.2, 0.25) is 5.91 Å². The second-order valence-electron chi connectivity index (χ2n) is 3.33. The minimum atomic E-state index is -0.465. The van der Waals surface area contributed by atoms with E-state index < -0.39 is 4.92 Å². The van der Waals surface area contributed by atoms with Crippen molar-refractivity contribution in [2.24, 2.45) is 0 Å². The number of halogens is 1. The molecule has 0 bridgehead atoms. The van der Waals surface area contributed by atoms with Gasteiger partial charge in [-0.2, -0.15) is 0 Å². The van der Waals surface area contributed by atoms with E-state index in [1.54, 1.807) is 12.1 Å². The zero-order chi connectivity index (χ0) is 13.5. The molecule has 0 unspecified atom stereocenters. The number of nitro benzene ring substituents is 1. The van der Waals surface area contributed by atoms with Gasteiger partial charge in [0.05, 0.1) is 17.2 Å². The highest BCUT2D eigenvalue weighted by atomic mass is 35.5. The Balaban J connectivity index is 2.41. The molecule has 0 heterocycles. The fourth-order valence-electron chi connectivity index (χ4n) is 1.06. The summed E-state index contributed by atoms with van der Waals surface area (Å²) in [7, 11) is 0. The lowest BCUT2D eigenvalue weighted by Crippen LogP contribution is -2.26. The molecule has 0 aliphatic heterocycles. The lowest BCUT2D eigenvalue weighted by Gasteiger charge is -2.03. The average Bonchev–Trinajstić information content (AvgIpc) is 2.34. The Labute approximate surface area is 113 Å². The first-order valence-corrected chi connectivity index (χ1v) is 6.32. The van der Waals surface area contributed by atoms with E-state index in [2.05, 4.69) is 11.9 Å². The Morgan fingerprint density at radius 1 is 1.44 bits per heavy atom. The molecule has 0 saturated carbocycles. The number of nitro groups is 1. The highest BCUT2D eigenvalue weighted by Gasteiger charge is 2.06. The highest BCUT2D eigenvalue weighted by molar-refractivity contribution is 8.00. The van der Waals surface area contributed by atoms with E-state index in [0.29, 0.717) is 5.03 Å². The Morgan fingerprint density at radius 3 is 2.56 bits per heavy atom. The van der Waals surface area contributed by atoms with E-state index in [-0.39, 0.29) is 23.9 Å². The van der Waals surface area contributed by atoms with Crippen LogP contribution in [0.2, 0.25) is 0 Å². The maximum absolute atomic E-state index is 11.4. The van der Waals surface area contributed by atoms with Crippen LogP contribution in [-0.2, 0) is 4.79 Å². The zero-order valence-corrected chi connectivity index (χ0v) is 11.0. The van der Waals surface area contributed by atoms with Crippen molar-refractivity contribution < 1.29 is 9.72 Å². The van der Waals surface area contributed by atoms with Crippen molar-refractivity contribution in [3.63, 3.8) is 0 Å². The number of thioether (sulfide) groups is 1. The predicted octanol–water partition coefficient (Wildman–Crippen LogP) is 2.56. The van der Waals surface area contributed by atoms with Crippen molar-refractivity contribution in [1.82, 2.24) is 5.32 Å². The minimum absolute atomic E-state index is 0.0299. The molecule has 96 valence electrons. The standard InChI is InChI=1S/C11H11ClN2O3S/c1-8(12)6-13-11(15)7-18-10-4-2-9(3-5-10)14(16)17/h2-5H,1,6-7H2,(H,13,15). The van der Waals surface area contributed by atoms with Gasteiger partial charge in [-0.1, -0.05) is 18.2 Å². The lowest BCUT2D eigenvalue weighted by atomic mass is 10.3. The van der Waals surface area contributed by atoms with Crippen LogP contribution in [0.1, 0.15) is 0 Å². The Kier molecular flexibility index (Phi) is 5.67. The van der Waals surface area contributed by atoms with Gasteiger partial charge in [0, 0.05) is 22.1 Å². The van der Waals surface area contributed by atoms with Gasteiger partial charge in [0.1, 0.15) is 0 Å². The largest absolute Gasteiger partial charge is 0.350 e. The molecule has 1 aromatic rings. The van der Waals surface area contributed by atoms with Crippen LogP contribution < -0.4 is 5.32 Å². The number of hydrogen-bond donors (Lipinski definition) is 1. The molecule has 1 aromatic carbocycles. The quantitative estimate of drug-likeness (QED) is 0.495. The van der Waals surface area contributed by atoms with Gasteiger partial charge in [-0.25, -0.2) is 0 Å². The molecule has 7 heteroatoms. The molecular formula is C11H11ClN2O3S. The molecule has 0 spiro atoms. The number of nitrogens with one attached hydrogen (secondary N) is 1. The fourth-order valence-corrected chi connectivity index (χ4v) is 1.85. The number of carbonyl (C=O) groups is 1. The number of non-ortho nitro benzene ring substituents is 1. The van der Waals surface area contributed by atoms with Crippen molar-refractivity contribution in [2.45, 2.75) is 4.90 Å². The summed E-state index contributed by atoms with van der Waals surface area (Å²) in [6.07, 6.45) is 0. The van der Waals surface area contributed by atoms with E-state index in [1.165, 1.54) is 23.9 Å². The molecule has 0 atom stereocenters. The van der Waals surface area contributed by atoms with Gasteiger partial charge in [-0.05, 0) is 12.1 Å². The number of benzene rings is 1. The average molecular weight is 287 g/mol. The Morgan fingerprint density at radius 2 is 2.06 bits per heavy atom. The summed E-state index contributed by atoms with van der Waals surface area (Å²) in [6, 6.07) is 6.02. The molecular weight excluding hydrogens is 276 g/mol. The molecule has 0 radical (unpaired) electrons. The van der Waals surface area contributed by atoms with Crippen molar-refractivity contribution >= 4 is 35.0 Å². The molecule has 5 nitrogen and oxygen atoms in total. The van der Waals surface area contributed by atoms with E-state index in [0.717, 1.165) is 4.90 Å². The smallest absolute Gasteiger partial charge is 0.269 e. The molecule has 1 N–H and O–H groups in total. The number of carbonyl (C=O) groups excluding carboxylic acids is 1. The first-order chi connectivity index (χ1) is 8.49. The van der Waals surface area contributed by atoms with E-state index in [1.807, 2.05) is 0 Å². The molecule has 0 saturated heterocycles. The molecule has 1 rings (SSSR count). The minimum Gasteiger partial charge on any atom is -0.350 e. The van der Waals surface area contributed by atoms with Crippen LogP contribution in [0.25, 0.3) is 0 Å². The van der Waals surface area contributed by atoms with Crippen LogP contribution in [0.15, 0.2) is 40.8 Å². The first-order valence-electron chi connectivity index (χ1n) is 4.96. The van der Waals surface area contributed by atoms with Gasteiger partial charge in [0.25, 0.3) is 5.69 Å². The highest BCUT2D eigenvalue weighted by Crippen LogP contribution is 2.20. The van der Waals surface area contributed by atoms with E-state index in [9.17, 15) is 14.9 Å². The summed E-state index contributed by atoms with van der Waals surface area (Å²) in [5.41, 5.74) is 0.0299. The molecule has 1 amide bonds. The Hall–Kier alpha value is -1.53. The number of rotatable bonds is 6. The summed E-state index contributed by atoms with van der Waals surface area (Å²) in [5.74, 6) is 0.0577. The van der Waals surface area contributed by atoms with Gasteiger partial charge in [-0.3, -0.25) is 14.9 Å². The summed E-state index contributed by atoms with van der Waals surface area (Å²) in [5, 5.41) is 13.4. The molecule has 0 aliphatic carbocycles.